The summed E-state index contributed by atoms with van der Waals surface area (Å²) in [4.78, 5) is 11.5. The second-order valence-corrected chi connectivity index (χ2v) is 4.91. The predicted octanol–water partition coefficient (Wildman–Crippen LogP) is 4.87. The minimum atomic E-state index is 0.00367. The highest BCUT2D eigenvalue weighted by molar-refractivity contribution is 6.42. The molecule has 0 saturated carbocycles. The van der Waals surface area contributed by atoms with Gasteiger partial charge in [-0.15, -0.1) is 0 Å². The first-order valence-electron chi connectivity index (χ1n) is 5.67. The highest BCUT2D eigenvalue weighted by Gasteiger charge is 2.10. The maximum absolute atomic E-state index is 11.5. The molecule has 0 fully saturated rings. The number of rotatable bonds is 3. The van der Waals surface area contributed by atoms with E-state index in [-0.39, 0.29) is 5.78 Å². The molecule has 0 saturated heterocycles. The van der Waals surface area contributed by atoms with Crippen LogP contribution in [-0.2, 0) is 0 Å². The van der Waals surface area contributed by atoms with Crippen molar-refractivity contribution < 1.29 is 9.53 Å². The largest absolute Gasteiger partial charge is 0.496 e. The van der Waals surface area contributed by atoms with Gasteiger partial charge >= 0.3 is 0 Å². The standard InChI is InChI=1S/C15H12Cl2O2/c1-9(18)10-4-6-15(19-2)12(7-10)11-3-5-13(16)14(17)8-11/h3-8H,1-2H3. The molecule has 0 N–H and O–H groups in total. The zero-order valence-corrected chi connectivity index (χ0v) is 12.0. The molecule has 0 spiro atoms. The van der Waals surface area contributed by atoms with Crippen LogP contribution in [0, 0.1) is 0 Å². The summed E-state index contributed by atoms with van der Waals surface area (Å²) in [6.07, 6.45) is 0. The smallest absolute Gasteiger partial charge is 0.159 e. The maximum atomic E-state index is 11.5. The van der Waals surface area contributed by atoms with E-state index in [1.54, 1.807) is 37.4 Å². The highest BCUT2D eigenvalue weighted by atomic mass is 35.5. The van der Waals surface area contributed by atoms with Gasteiger partial charge in [0.05, 0.1) is 17.2 Å². The zero-order valence-electron chi connectivity index (χ0n) is 10.5. The summed E-state index contributed by atoms with van der Waals surface area (Å²) >= 11 is 11.9. The van der Waals surface area contributed by atoms with Crippen molar-refractivity contribution in [2.75, 3.05) is 7.11 Å². The van der Waals surface area contributed by atoms with Crippen LogP contribution in [0.25, 0.3) is 11.1 Å². The third-order valence-electron chi connectivity index (χ3n) is 2.84. The predicted molar refractivity (Wildman–Crippen MR) is 78.5 cm³/mol. The number of carbonyl (C=O) groups excluding carboxylic acids is 1. The van der Waals surface area contributed by atoms with E-state index in [0.717, 1.165) is 11.1 Å². The molecule has 0 bridgehead atoms. The fourth-order valence-electron chi connectivity index (χ4n) is 1.82. The van der Waals surface area contributed by atoms with Crippen molar-refractivity contribution in [3.05, 3.63) is 52.0 Å². The van der Waals surface area contributed by atoms with Crippen molar-refractivity contribution in [2.45, 2.75) is 6.92 Å². The molecule has 0 aromatic heterocycles. The molecule has 0 heterocycles. The van der Waals surface area contributed by atoms with Crippen LogP contribution in [-0.4, -0.2) is 12.9 Å². The molecule has 2 nitrogen and oxygen atoms in total. The summed E-state index contributed by atoms with van der Waals surface area (Å²) < 4.78 is 5.32. The summed E-state index contributed by atoms with van der Waals surface area (Å²) in [7, 11) is 1.59. The van der Waals surface area contributed by atoms with E-state index in [9.17, 15) is 4.79 Å². The second kappa shape index (κ2) is 5.64. The van der Waals surface area contributed by atoms with Gasteiger partial charge in [-0.05, 0) is 42.8 Å². The lowest BCUT2D eigenvalue weighted by Crippen LogP contribution is -1.95. The second-order valence-electron chi connectivity index (χ2n) is 4.10. The van der Waals surface area contributed by atoms with E-state index < -0.39 is 0 Å². The van der Waals surface area contributed by atoms with Crippen molar-refractivity contribution in [2.24, 2.45) is 0 Å². The van der Waals surface area contributed by atoms with Crippen molar-refractivity contribution in [1.82, 2.24) is 0 Å². The molecule has 98 valence electrons. The Hall–Kier alpha value is -1.51. The number of Topliss-reactive ketones (excluding diaryl/α,β-unsaturated/α-hetero) is 1. The Labute approximate surface area is 121 Å². The topological polar surface area (TPSA) is 26.3 Å². The van der Waals surface area contributed by atoms with Crippen molar-refractivity contribution in [3.63, 3.8) is 0 Å². The van der Waals surface area contributed by atoms with Gasteiger partial charge in [-0.25, -0.2) is 0 Å². The molecule has 19 heavy (non-hydrogen) atoms. The van der Waals surface area contributed by atoms with Gasteiger partial charge in [-0.1, -0.05) is 29.3 Å². The van der Waals surface area contributed by atoms with Crippen LogP contribution in [0.1, 0.15) is 17.3 Å². The average Bonchev–Trinajstić information content (AvgIpc) is 2.41. The van der Waals surface area contributed by atoms with Crippen molar-refractivity contribution >= 4 is 29.0 Å². The molecule has 2 rings (SSSR count). The van der Waals surface area contributed by atoms with E-state index in [2.05, 4.69) is 0 Å². The minimum Gasteiger partial charge on any atom is -0.496 e. The van der Waals surface area contributed by atoms with Crippen molar-refractivity contribution in [1.29, 1.82) is 0 Å². The summed E-state index contributed by atoms with van der Waals surface area (Å²) in [6.45, 7) is 1.53. The van der Waals surface area contributed by atoms with Crippen LogP contribution in [0.2, 0.25) is 10.0 Å². The van der Waals surface area contributed by atoms with Crippen LogP contribution >= 0.6 is 23.2 Å². The summed E-state index contributed by atoms with van der Waals surface area (Å²) in [5.74, 6) is 0.687. The van der Waals surface area contributed by atoms with Gasteiger partial charge in [-0.3, -0.25) is 4.79 Å². The zero-order chi connectivity index (χ0) is 14.0. The van der Waals surface area contributed by atoms with Gasteiger partial charge < -0.3 is 4.74 Å². The Morgan fingerprint density at radius 3 is 2.37 bits per heavy atom. The number of halogens is 2. The molecular formula is C15H12Cl2O2. The molecule has 0 radical (unpaired) electrons. The Balaban J connectivity index is 2.61. The number of ketones is 1. The molecule has 2 aromatic carbocycles. The first-order valence-corrected chi connectivity index (χ1v) is 6.43. The fraction of sp³-hybridized carbons (Fsp3) is 0.133. The molecule has 2 aromatic rings. The Morgan fingerprint density at radius 1 is 1.05 bits per heavy atom. The van der Waals surface area contributed by atoms with Crippen LogP contribution in [0.3, 0.4) is 0 Å². The maximum Gasteiger partial charge on any atom is 0.159 e. The van der Waals surface area contributed by atoms with Gasteiger partial charge in [0, 0.05) is 11.1 Å². The average molecular weight is 295 g/mol. The van der Waals surface area contributed by atoms with Crippen molar-refractivity contribution in [3.8, 4) is 16.9 Å². The van der Waals surface area contributed by atoms with Gasteiger partial charge in [0.2, 0.25) is 0 Å². The lowest BCUT2D eigenvalue weighted by atomic mass is 10.0. The normalized spacial score (nSPS) is 10.3. The highest BCUT2D eigenvalue weighted by Crippen LogP contribution is 2.34. The first-order chi connectivity index (χ1) is 9.02. The number of benzene rings is 2. The van der Waals surface area contributed by atoms with Gasteiger partial charge in [-0.2, -0.15) is 0 Å². The van der Waals surface area contributed by atoms with Crippen LogP contribution in [0.5, 0.6) is 5.75 Å². The summed E-state index contributed by atoms with van der Waals surface area (Å²) in [6, 6.07) is 10.6. The quantitative estimate of drug-likeness (QED) is 0.755. The van der Waals surface area contributed by atoms with Crippen LogP contribution in [0.15, 0.2) is 36.4 Å². The molecule has 0 unspecified atom stereocenters. The number of hydrogen-bond donors (Lipinski definition) is 0. The van der Waals surface area contributed by atoms with E-state index in [4.69, 9.17) is 27.9 Å². The third-order valence-corrected chi connectivity index (χ3v) is 3.58. The summed E-state index contributed by atoms with van der Waals surface area (Å²) in [5.41, 5.74) is 2.30. The Morgan fingerprint density at radius 2 is 1.79 bits per heavy atom. The lowest BCUT2D eigenvalue weighted by molar-refractivity contribution is 0.101. The Bertz CT molecular complexity index is 636. The van der Waals surface area contributed by atoms with Crippen LogP contribution < -0.4 is 4.74 Å². The minimum absolute atomic E-state index is 0.00367. The molecular weight excluding hydrogens is 283 g/mol. The Kier molecular flexibility index (Phi) is 4.13. The number of hydrogen-bond acceptors (Lipinski definition) is 2. The fourth-order valence-corrected chi connectivity index (χ4v) is 2.11. The molecule has 0 aliphatic rings. The summed E-state index contributed by atoms with van der Waals surface area (Å²) in [5, 5.41) is 0.960. The van der Waals surface area contributed by atoms with E-state index >= 15 is 0 Å². The number of ether oxygens (including phenoxy) is 1. The third kappa shape index (κ3) is 2.91. The molecule has 0 atom stereocenters. The van der Waals surface area contributed by atoms with Gasteiger partial charge in [0.1, 0.15) is 5.75 Å². The molecule has 0 amide bonds. The van der Waals surface area contributed by atoms with Crippen LogP contribution in [0.4, 0.5) is 0 Å². The van der Waals surface area contributed by atoms with Gasteiger partial charge in [0.15, 0.2) is 5.78 Å². The van der Waals surface area contributed by atoms with E-state index in [1.807, 2.05) is 6.07 Å². The number of carbonyl (C=O) groups is 1. The van der Waals surface area contributed by atoms with Gasteiger partial charge in [0.25, 0.3) is 0 Å². The molecule has 4 heteroatoms. The molecule has 0 aliphatic heterocycles. The van der Waals surface area contributed by atoms with E-state index in [1.165, 1.54) is 6.92 Å². The first kappa shape index (κ1) is 13.9. The van der Waals surface area contributed by atoms with E-state index in [0.29, 0.717) is 21.4 Å². The number of methoxy groups -OCH3 is 1. The molecule has 0 aliphatic carbocycles. The SMILES string of the molecule is COc1ccc(C(C)=O)cc1-c1ccc(Cl)c(Cl)c1. The monoisotopic (exact) mass is 294 g/mol. The lowest BCUT2D eigenvalue weighted by Gasteiger charge is -2.11.